The summed E-state index contributed by atoms with van der Waals surface area (Å²) >= 11 is 0. The molecule has 1 heterocycles. The van der Waals surface area contributed by atoms with Crippen LogP contribution in [0.5, 0.6) is 17.2 Å². The zero-order valence-electron chi connectivity index (χ0n) is 21.9. The third-order valence-electron chi connectivity index (χ3n) is 7.91. The molecule has 0 saturated carbocycles. The minimum atomic E-state index is -2.38. The monoisotopic (exact) mass is 597 g/mol. The van der Waals surface area contributed by atoms with Gasteiger partial charge in [0.2, 0.25) is 5.78 Å². The number of hydrogen-bond acceptors (Lipinski definition) is 12. The van der Waals surface area contributed by atoms with E-state index in [1.807, 2.05) is 0 Å². The predicted octanol–water partition coefficient (Wildman–Crippen LogP) is 0.371. The fraction of sp³-hybridized carbons (Fsp3) is 0.444. The number of carbonyl (C=O) groups excluding carboxylic acids is 3. The predicted molar refractivity (Wildman–Crippen MR) is 139 cm³/mol. The summed E-state index contributed by atoms with van der Waals surface area (Å²) in [6.07, 6.45) is -9.52. The molecule has 1 fully saturated rings. The molecule has 222 valence electrons. The van der Waals surface area contributed by atoms with Crippen molar-refractivity contribution in [2.75, 3.05) is 13.7 Å². The van der Waals surface area contributed by atoms with E-state index in [1.165, 1.54) is 32.2 Å². The molecule has 7 atom stereocenters. The second-order valence-corrected chi connectivity index (χ2v) is 10.2. The van der Waals surface area contributed by atoms with E-state index in [0.29, 0.717) is 0 Å². The van der Waals surface area contributed by atoms with E-state index < -0.39 is 102 Å². The van der Waals surface area contributed by atoms with Gasteiger partial charge in [-0.1, -0.05) is 12.1 Å². The molecule has 1 saturated heterocycles. The van der Waals surface area contributed by atoms with Crippen LogP contribution in [0.25, 0.3) is 0 Å². The van der Waals surface area contributed by atoms with Gasteiger partial charge in [-0.2, -0.15) is 0 Å². The number of ether oxygens (including phenoxy) is 3. The Hall–Kier alpha value is -3.17. The van der Waals surface area contributed by atoms with Gasteiger partial charge in [0, 0.05) is 29.5 Å². The second-order valence-electron chi connectivity index (χ2n) is 10.2. The maximum atomic E-state index is 15.1. The van der Waals surface area contributed by atoms with Crippen molar-refractivity contribution in [3.8, 4) is 17.2 Å². The van der Waals surface area contributed by atoms with Crippen LogP contribution in [-0.4, -0.2) is 92.9 Å². The smallest absolute Gasteiger partial charge is 0.202 e. The van der Waals surface area contributed by atoms with Gasteiger partial charge in [-0.05, 0) is 13.0 Å². The third kappa shape index (κ3) is 4.57. The summed E-state index contributed by atoms with van der Waals surface area (Å²) in [5, 5.41) is 53.7. The Bertz CT molecular complexity index is 1430. The Labute approximate surface area is 238 Å². The first-order chi connectivity index (χ1) is 18.9. The summed E-state index contributed by atoms with van der Waals surface area (Å²) in [4.78, 5) is 39.7. The number of phenolic OH excluding ortho intramolecular Hbond substituents is 2. The highest BCUT2D eigenvalue weighted by molar-refractivity contribution is 6.31. The largest absolute Gasteiger partial charge is 0.507 e. The number of alkyl halides is 1. The molecule has 3 aliphatic rings. The van der Waals surface area contributed by atoms with Gasteiger partial charge in [0.15, 0.2) is 24.0 Å². The van der Waals surface area contributed by atoms with Crippen molar-refractivity contribution in [2.24, 2.45) is 5.73 Å². The van der Waals surface area contributed by atoms with Gasteiger partial charge in [0.1, 0.15) is 35.6 Å². The molecule has 5 rings (SSSR count). The Morgan fingerprint density at radius 1 is 1.17 bits per heavy atom. The van der Waals surface area contributed by atoms with Crippen LogP contribution in [0.3, 0.4) is 0 Å². The number of aliphatic hydroxyl groups is 3. The zero-order chi connectivity index (χ0) is 29.3. The average Bonchev–Trinajstić information content (AvgIpc) is 2.94. The Kier molecular flexibility index (Phi) is 8.19. The van der Waals surface area contributed by atoms with Gasteiger partial charge in [0.25, 0.3) is 0 Å². The normalized spacial score (nSPS) is 30.5. The van der Waals surface area contributed by atoms with E-state index in [-0.39, 0.29) is 40.4 Å². The first-order valence-electron chi connectivity index (χ1n) is 12.5. The molecule has 1 aliphatic heterocycles. The number of phenols is 2. The highest BCUT2D eigenvalue weighted by atomic mass is 35.5. The summed E-state index contributed by atoms with van der Waals surface area (Å²) in [6, 6.07) is 3.15. The Morgan fingerprint density at radius 2 is 1.83 bits per heavy atom. The lowest BCUT2D eigenvalue weighted by molar-refractivity contribution is -0.273. The number of rotatable bonds is 5. The fourth-order valence-electron chi connectivity index (χ4n) is 5.69. The number of carbonyl (C=O) groups is 3. The van der Waals surface area contributed by atoms with Crippen LogP contribution in [0, 0.1) is 0 Å². The molecular weight excluding hydrogens is 569 g/mol. The second kappa shape index (κ2) is 10.9. The molecule has 12 nitrogen and oxygen atoms in total. The van der Waals surface area contributed by atoms with E-state index in [0.717, 1.165) is 0 Å². The van der Waals surface area contributed by atoms with Crippen LogP contribution in [0.1, 0.15) is 62.4 Å². The van der Waals surface area contributed by atoms with Crippen LogP contribution in [-0.2, 0) is 20.7 Å². The standard InChI is InChI=1S/C27H28FNO11.ClH/c1-9-20(29)25(36)19(28)26(39-9)40-13-7-27(37,14(31)8-30)6-11-16(13)24(35)18-17(22(11)33)21(32)10-4-3-5-12(38-2)15(10)23(18)34;/h3-5,9,13,19-20,25-26,30,33,35-37H,6-8,29H2,1-2H3;1H/t9-,13?,19+,20-,25-,26-,27-;/m0./s1. The molecule has 2 aromatic rings. The minimum Gasteiger partial charge on any atom is -0.507 e. The first kappa shape index (κ1) is 30.8. The lowest BCUT2D eigenvalue weighted by atomic mass is 9.72. The van der Waals surface area contributed by atoms with Crippen LogP contribution < -0.4 is 10.5 Å². The van der Waals surface area contributed by atoms with Gasteiger partial charge in [0.05, 0.1) is 42.0 Å². The number of aliphatic hydroxyl groups excluding tert-OH is 2. The van der Waals surface area contributed by atoms with E-state index >= 15 is 4.39 Å². The first-order valence-corrected chi connectivity index (χ1v) is 12.5. The highest BCUT2D eigenvalue weighted by Crippen LogP contribution is 2.52. The molecule has 0 aromatic heterocycles. The van der Waals surface area contributed by atoms with Crippen molar-refractivity contribution >= 4 is 29.8 Å². The van der Waals surface area contributed by atoms with Gasteiger partial charge in [-0.15, -0.1) is 12.4 Å². The van der Waals surface area contributed by atoms with E-state index in [9.17, 15) is 39.9 Å². The molecule has 0 spiro atoms. The number of benzene rings is 2. The Morgan fingerprint density at radius 3 is 2.46 bits per heavy atom. The Balaban J connectivity index is 0.00000387. The van der Waals surface area contributed by atoms with E-state index in [1.54, 1.807) is 0 Å². The minimum absolute atomic E-state index is 0. The molecule has 2 aromatic carbocycles. The number of nitrogens with two attached hydrogens (primary N) is 1. The van der Waals surface area contributed by atoms with Crippen molar-refractivity contribution in [2.45, 2.75) is 62.2 Å². The number of hydrogen-bond donors (Lipinski definition) is 6. The summed E-state index contributed by atoms with van der Waals surface area (Å²) in [5.41, 5.74) is 1.39. The van der Waals surface area contributed by atoms with E-state index in [4.69, 9.17) is 19.9 Å². The lowest BCUT2D eigenvalue weighted by Crippen LogP contribution is -2.59. The van der Waals surface area contributed by atoms with Gasteiger partial charge >= 0.3 is 0 Å². The van der Waals surface area contributed by atoms with Crippen molar-refractivity contribution in [1.82, 2.24) is 0 Å². The van der Waals surface area contributed by atoms with Crippen LogP contribution in [0.4, 0.5) is 4.39 Å². The fourth-order valence-corrected chi connectivity index (χ4v) is 5.69. The average molecular weight is 598 g/mol. The number of halogens is 2. The molecule has 0 bridgehead atoms. The number of ketones is 3. The highest BCUT2D eigenvalue weighted by Gasteiger charge is 2.51. The topological polar surface area (TPSA) is 206 Å². The summed E-state index contributed by atoms with van der Waals surface area (Å²) in [6.45, 7) is 0.364. The number of aromatic hydroxyl groups is 2. The number of Topliss-reactive ketones (excluding diaryl/α,β-unsaturated/α-hetero) is 1. The zero-order valence-corrected chi connectivity index (χ0v) is 22.7. The SMILES string of the molecule is COc1cccc2c1C(=O)c1c(O)c3c(c(O)c1C2=O)C[C@@](O)(C(=O)CO)CC3O[C@@H]1O[C@@H](C)[C@H](N)[C@@H](O)[C@H]1F.Cl. The molecule has 1 unspecified atom stereocenters. The number of methoxy groups -OCH3 is 1. The van der Waals surface area contributed by atoms with Crippen LogP contribution >= 0.6 is 12.4 Å². The van der Waals surface area contributed by atoms with Crippen molar-refractivity contribution in [3.63, 3.8) is 0 Å². The van der Waals surface area contributed by atoms with Crippen LogP contribution in [0.2, 0.25) is 0 Å². The quantitative estimate of drug-likeness (QED) is 0.221. The maximum absolute atomic E-state index is 15.1. The van der Waals surface area contributed by atoms with Gasteiger partial charge in [-0.25, -0.2) is 4.39 Å². The molecule has 14 heteroatoms. The van der Waals surface area contributed by atoms with Crippen molar-refractivity contribution in [1.29, 1.82) is 0 Å². The van der Waals surface area contributed by atoms with Crippen LogP contribution in [0.15, 0.2) is 18.2 Å². The number of fused-ring (bicyclic) bond motifs is 3. The van der Waals surface area contributed by atoms with Gasteiger partial charge < -0.3 is 45.5 Å². The molecule has 0 radical (unpaired) electrons. The summed E-state index contributed by atoms with van der Waals surface area (Å²) < 4.78 is 31.5. The summed E-state index contributed by atoms with van der Waals surface area (Å²) in [7, 11) is 1.29. The van der Waals surface area contributed by atoms with Crippen molar-refractivity contribution in [3.05, 3.63) is 51.6 Å². The summed E-state index contributed by atoms with van der Waals surface area (Å²) in [5.74, 6) is -4.30. The molecular formula is C27H29ClFNO11. The van der Waals surface area contributed by atoms with Gasteiger partial charge in [-0.3, -0.25) is 14.4 Å². The van der Waals surface area contributed by atoms with E-state index in [2.05, 4.69) is 0 Å². The molecule has 2 aliphatic carbocycles. The maximum Gasteiger partial charge on any atom is 0.202 e. The lowest BCUT2D eigenvalue weighted by Gasteiger charge is -2.43. The third-order valence-corrected chi connectivity index (χ3v) is 7.91. The molecule has 0 amide bonds. The molecule has 41 heavy (non-hydrogen) atoms. The van der Waals surface area contributed by atoms with Crippen molar-refractivity contribution < 1.29 is 58.5 Å². The molecule has 7 N–H and O–H groups in total.